The van der Waals surface area contributed by atoms with Gasteiger partial charge >= 0.3 is 5.69 Å². The maximum absolute atomic E-state index is 12.6. The normalized spacial score (nSPS) is 10.8. The number of amides is 1. The standard InChI is InChI=1S/C23H22N6O4/c1-15-8-10-16(11-9-15)14-24-18(30)12-13-19-25-21(27-33-19)20-22(31)28(2)23(32)29(26-20)17-6-4-3-5-7-17/h3-11H,12-14H2,1-2H3,(H,24,30). The molecule has 0 unspecified atom stereocenters. The molecule has 0 aliphatic carbocycles. The fourth-order valence-electron chi connectivity index (χ4n) is 3.12. The van der Waals surface area contributed by atoms with Gasteiger partial charge in [0.1, 0.15) is 0 Å². The van der Waals surface area contributed by atoms with Crippen LogP contribution in [0.3, 0.4) is 0 Å². The van der Waals surface area contributed by atoms with Gasteiger partial charge in [0.15, 0.2) is 5.69 Å². The number of aryl methyl sites for hydroxylation is 2. The van der Waals surface area contributed by atoms with Crippen LogP contribution in [0.15, 0.2) is 68.7 Å². The van der Waals surface area contributed by atoms with Crippen LogP contribution in [0.2, 0.25) is 0 Å². The van der Waals surface area contributed by atoms with Gasteiger partial charge in [-0.3, -0.25) is 14.2 Å². The molecule has 33 heavy (non-hydrogen) atoms. The van der Waals surface area contributed by atoms with E-state index in [9.17, 15) is 14.4 Å². The Morgan fingerprint density at radius 2 is 1.79 bits per heavy atom. The van der Waals surface area contributed by atoms with Crippen molar-refractivity contribution in [2.45, 2.75) is 26.3 Å². The molecular formula is C23H22N6O4. The number of nitrogens with zero attached hydrogens (tertiary/aromatic N) is 5. The van der Waals surface area contributed by atoms with Gasteiger partial charge in [-0.05, 0) is 24.6 Å². The Morgan fingerprint density at radius 3 is 2.52 bits per heavy atom. The Kier molecular flexibility index (Phi) is 6.25. The highest BCUT2D eigenvalue weighted by molar-refractivity contribution is 5.76. The summed E-state index contributed by atoms with van der Waals surface area (Å²) in [6, 6.07) is 16.6. The van der Waals surface area contributed by atoms with Crippen LogP contribution < -0.4 is 16.6 Å². The fraction of sp³-hybridized carbons (Fsp3) is 0.217. The van der Waals surface area contributed by atoms with Crippen molar-refractivity contribution in [3.05, 3.63) is 92.5 Å². The third-order valence-electron chi connectivity index (χ3n) is 5.03. The van der Waals surface area contributed by atoms with Crippen LogP contribution in [0, 0.1) is 6.92 Å². The van der Waals surface area contributed by atoms with Crippen molar-refractivity contribution < 1.29 is 9.32 Å². The second kappa shape index (κ2) is 9.43. The molecule has 0 saturated heterocycles. The molecule has 2 heterocycles. The summed E-state index contributed by atoms with van der Waals surface area (Å²) in [5, 5.41) is 10.8. The molecule has 4 rings (SSSR count). The van der Waals surface area contributed by atoms with Crippen molar-refractivity contribution in [3.63, 3.8) is 0 Å². The molecule has 168 valence electrons. The van der Waals surface area contributed by atoms with Gasteiger partial charge in [-0.2, -0.15) is 14.8 Å². The number of hydrogen-bond acceptors (Lipinski definition) is 7. The number of carbonyl (C=O) groups is 1. The first-order chi connectivity index (χ1) is 15.9. The highest BCUT2D eigenvalue weighted by Gasteiger charge is 2.19. The molecular weight excluding hydrogens is 424 g/mol. The maximum Gasteiger partial charge on any atom is 0.351 e. The zero-order valence-electron chi connectivity index (χ0n) is 18.2. The predicted octanol–water partition coefficient (Wildman–Crippen LogP) is 1.54. The molecule has 4 aromatic rings. The first-order valence-corrected chi connectivity index (χ1v) is 10.3. The molecule has 0 radical (unpaired) electrons. The minimum atomic E-state index is -0.643. The second-order valence-corrected chi connectivity index (χ2v) is 7.52. The summed E-state index contributed by atoms with van der Waals surface area (Å²) in [5.41, 5.74) is 1.29. The lowest BCUT2D eigenvalue weighted by molar-refractivity contribution is -0.121. The molecule has 0 bridgehead atoms. The van der Waals surface area contributed by atoms with Crippen molar-refractivity contribution >= 4 is 5.91 Å². The predicted molar refractivity (Wildman–Crippen MR) is 120 cm³/mol. The van der Waals surface area contributed by atoms with Crippen LogP contribution in [-0.4, -0.2) is 30.4 Å². The molecule has 1 amide bonds. The van der Waals surface area contributed by atoms with Gasteiger partial charge in [0.05, 0.1) is 5.69 Å². The third kappa shape index (κ3) is 4.95. The van der Waals surface area contributed by atoms with Crippen LogP contribution in [-0.2, 0) is 24.8 Å². The van der Waals surface area contributed by atoms with E-state index in [1.165, 1.54) is 7.05 Å². The topological polar surface area (TPSA) is 125 Å². The number of carbonyl (C=O) groups excluding carboxylic acids is 1. The SMILES string of the molecule is Cc1ccc(CNC(=O)CCc2nc(-c3nn(-c4ccccc4)c(=O)n(C)c3=O)no2)cc1. The molecule has 0 atom stereocenters. The van der Waals surface area contributed by atoms with Crippen LogP contribution in [0.25, 0.3) is 17.2 Å². The van der Waals surface area contributed by atoms with Gasteiger partial charge < -0.3 is 9.84 Å². The van der Waals surface area contributed by atoms with E-state index in [2.05, 4.69) is 20.6 Å². The number of aromatic nitrogens is 5. The summed E-state index contributed by atoms with van der Waals surface area (Å²) in [5.74, 6) is -0.0193. The molecule has 0 aliphatic rings. The zero-order chi connectivity index (χ0) is 23.4. The average molecular weight is 446 g/mol. The van der Waals surface area contributed by atoms with Crippen LogP contribution in [0.1, 0.15) is 23.4 Å². The van der Waals surface area contributed by atoms with Crippen LogP contribution in [0.4, 0.5) is 0 Å². The number of hydrogen-bond donors (Lipinski definition) is 1. The van der Waals surface area contributed by atoms with E-state index in [0.29, 0.717) is 12.2 Å². The monoisotopic (exact) mass is 446 g/mol. The molecule has 2 aromatic heterocycles. The number of rotatable bonds is 7. The number of benzene rings is 2. The summed E-state index contributed by atoms with van der Waals surface area (Å²) in [7, 11) is 1.36. The number of para-hydroxylation sites is 1. The Morgan fingerprint density at radius 1 is 1.06 bits per heavy atom. The van der Waals surface area contributed by atoms with Crippen LogP contribution in [0.5, 0.6) is 0 Å². The van der Waals surface area contributed by atoms with Crippen LogP contribution >= 0.6 is 0 Å². The molecule has 0 spiro atoms. The molecule has 0 fully saturated rings. The summed E-state index contributed by atoms with van der Waals surface area (Å²) >= 11 is 0. The Bertz CT molecular complexity index is 1390. The lowest BCUT2D eigenvalue weighted by Crippen LogP contribution is -2.40. The molecule has 2 aromatic carbocycles. The van der Waals surface area contributed by atoms with Gasteiger partial charge in [-0.15, -0.1) is 0 Å². The highest BCUT2D eigenvalue weighted by atomic mass is 16.5. The summed E-state index contributed by atoms with van der Waals surface area (Å²) in [6.07, 6.45) is 0.341. The largest absolute Gasteiger partial charge is 0.352 e. The molecule has 1 N–H and O–H groups in total. The summed E-state index contributed by atoms with van der Waals surface area (Å²) < 4.78 is 7.24. The van der Waals surface area contributed by atoms with Crippen molar-refractivity contribution in [3.8, 4) is 17.2 Å². The van der Waals surface area contributed by atoms with E-state index in [-0.39, 0.29) is 36.2 Å². The average Bonchev–Trinajstić information content (AvgIpc) is 3.30. The van der Waals surface area contributed by atoms with Crippen molar-refractivity contribution in [1.82, 2.24) is 29.8 Å². The van der Waals surface area contributed by atoms with E-state index in [1.807, 2.05) is 31.2 Å². The smallest absolute Gasteiger partial charge is 0.351 e. The Balaban J connectivity index is 1.46. The number of nitrogens with one attached hydrogen (secondary N) is 1. The van der Waals surface area contributed by atoms with E-state index in [4.69, 9.17) is 4.52 Å². The first kappa shape index (κ1) is 21.9. The van der Waals surface area contributed by atoms with Crippen molar-refractivity contribution in [2.75, 3.05) is 0 Å². The molecule has 0 saturated carbocycles. The minimum Gasteiger partial charge on any atom is -0.352 e. The van der Waals surface area contributed by atoms with E-state index >= 15 is 0 Å². The van der Waals surface area contributed by atoms with E-state index in [0.717, 1.165) is 20.4 Å². The summed E-state index contributed by atoms with van der Waals surface area (Å²) in [6.45, 7) is 2.43. The van der Waals surface area contributed by atoms with E-state index < -0.39 is 11.2 Å². The third-order valence-corrected chi connectivity index (χ3v) is 5.03. The molecule has 0 aliphatic heterocycles. The molecule has 10 heteroatoms. The van der Waals surface area contributed by atoms with Gasteiger partial charge in [-0.25, -0.2) is 4.79 Å². The first-order valence-electron chi connectivity index (χ1n) is 10.3. The lowest BCUT2D eigenvalue weighted by Gasteiger charge is -2.07. The van der Waals surface area contributed by atoms with E-state index in [1.54, 1.807) is 30.3 Å². The fourth-order valence-corrected chi connectivity index (χ4v) is 3.12. The highest BCUT2D eigenvalue weighted by Crippen LogP contribution is 2.11. The minimum absolute atomic E-state index is 0.0460. The van der Waals surface area contributed by atoms with Crippen molar-refractivity contribution in [2.24, 2.45) is 7.05 Å². The van der Waals surface area contributed by atoms with Gasteiger partial charge in [0, 0.05) is 26.4 Å². The van der Waals surface area contributed by atoms with Gasteiger partial charge in [-0.1, -0.05) is 53.2 Å². The lowest BCUT2D eigenvalue weighted by atomic mass is 10.1. The summed E-state index contributed by atoms with van der Waals surface area (Å²) in [4.78, 5) is 41.4. The Hall–Kier alpha value is -4.34. The Labute approximate surface area is 188 Å². The maximum atomic E-state index is 12.6. The quantitative estimate of drug-likeness (QED) is 0.456. The van der Waals surface area contributed by atoms with Gasteiger partial charge in [0.25, 0.3) is 5.56 Å². The van der Waals surface area contributed by atoms with Gasteiger partial charge in [0.2, 0.25) is 17.6 Å². The zero-order valence-corrected chi connectivity index (χ0v) is 18.2. The molecule has 10 nitrogen and oxygen atoms in total. The second-order valence-electron chi connectivity index (χ2n) is 7.52. The van der Waals surface area contributed by atoms with Crippen molar-refractivity contribution in [1.29, 1.82) is 0 Å².